The first-order chi connectivity index (χ1) is 11.7. The number of amides is 1. The number of thiazole rings is 1. The zero-order valence-corrected chi connectivity index (χ0v) is 14.1. The lowest BCUT2D eigenvalue weighted by Crippen LogP contribution is -2.19. The molecular formula is C17H16N2O4S. The van der Waals surface area contributed by atoms with E-state index in [-0.39, 0.29) is 12.5 Å². The number of fused-ring (bicyclic) bond motifs is 1. The number of anilines is 1. The molecule has 7 heteroatoms. The van der Waals surface area contributed by atoms with Crippen LogP contribution in [0.2, 0.25) is 0 Å². The number of rotatable bonds is 6. The zero-order chi connectivity index (χ0) is 16.9. The number of hydrogen-bond acceptors (Lipinski definition) is 6. The molecule has 0 unspecified atom stereocenters. The Hall–Kier alpha value is -2.80. The fourth-order valence-electron chi connectivity index (χ4n) is 2.12. The smallest absolute Gasteiger partial charge is 0.264 e. The summed E-state index contributed by atoms with van der Waals surface area (Å²) in [5.41, 5.74) is 0.683. The van der Waals surface area contributed by atoms with Crippen molar-refractivity contribution in [2.45, 2.75) is 0 Å². The molecule has 3 rings (SSSR count). The Balaban J connectivity index is 1.71. The number of carbonyl (C=O) groups is 1. The fourth-order valence-corrected chi connectivity index (χ4v) is 3.05. The van der Waals surface area contributed by atoms with Gasteiger partial charge in [-0.3, -0.25) is 10.1 Å². The van der Waals surface area contributed by atoms with Gasteiger partial charge in [-0.2, -0.15) is 0 Å². The summed E-state index contributed by atoms with van der Waals surface area (Å²) < 4.78 is 16.8. The number of benzene rings is 2. The number of methoxy groups -OCH3 is 2. The van der Waals surface area contributed by atoms with Gasteiger partial charge in [0.1, 0.15) is 22.8 Å². The van der Waals surface area contributed by atoms with Gasteiger partial charge in [0.25, 0.3) is 5.91 Å². The first kappa shape index (κ1) is 16.1. The van der Waals surface area contributed by atoms with Gasteiger partial charge in [-0.05, 0) is 18.2 Å². The summed E-state index contributed by atoms with van der Waals surface area (Å²) in [5.74, 6) is 1.64. The number of carbonyl (C=O) groups excluding carboxylic acids is 1. The van der Waals surface area contributed by atoms with E-state index < -0.39 is 0 Å². The van der Waals surface area contributed by atoms with Crippen LogP contribution in [-0.4, -0.2) is 31.7 Å². The van der Waals surface area contributed by atoms with Crippen molar-refractivity contribution in [1.82, 2.24) is 4.98 Å². The summed E-state index contributed by atoms with van der Waals surface area (Å²) in [4.78, 5) is 16.4. The Bertz CT molecular complexity index is 848. The molecule has 0 fully saturated rings. The van der Waals surface area contributed by atoms with Crippen molar-refractivity contribution in [1.29, 1.82) is 0 Å². The largest absolute Gasteiger partial charge is 0.497 e. The molecule has 124 valence electrons. The van der Waals surface area contributed by atoms with E-state index in [9.17, 15) is 4.79 Å². The highest BCUT2D eigenvalue weighted by molar-refractivity contribution is 7.22. The molecule has 24 heavy (non-hydrogen) atoms. The van der Waals surface area contributed by atoms with Crippen LogP contribution in [0.25, 0.3) is 10.2 Å². The van der Waals surface area contributed by atoms with Gasteiger partial charge in [0.15, 0.2) is 11.7 Å². The normalized spacial score (nSPS) is 10.4. The quantitative estimate of drug-likeness (QED) is 0.743. The monoisotopic (exact) mass is 344 g/mol. The van der Waals surface area contributed by atoms with Crippen molar-refractivity contribution in [2.75, 3.05) is 26.1 Å². The van der Waals surface area contributed by atoms with Gasteiger partial charge in [-0.1, -0.05) is 29.5 Å². The van der Waals surface area contributed by atoms with Crippen molar-refractivity contribution < 1.29 is 19.0 Å². The van der Waals surface area contributed by atoms with Crippen LogP contribution in [0.15, 0.2) is 42.5 Å². The Morgan fingerprint density at radius 2 is 1.92 bits per heavy atom. The van der Waals surface area contributed by atoms with Crippen LogP contribution in [0.1, 0.15) is 0 Å². The minimum absolute atomic E-state index is 0.0829. The second kappa shape index (κ2) is 7.18. The molecule has 0 atom stereocenters. The van der Waals surface area contributed by atoms with E-state index in [2.05, 4.69) is 10.3 Å². The first-order valence-electron chi connectivity index (χ1n) is 7.20. The third kappa shape index (κ3) is 3.57. The van der Waals surface area contributed by atoms with Gasteiger partial charge in [-0.25, -0.2) is 4.98 Å². The number of ether oxygens (including phenoxy) is 3. The van der Waals surface area contributed by atoms with E-state index in [1.54, 1.807) is 32.4 Å². The third-order valence-corrected chi connectivity index (χ3v) is 4.17. The van der Waals surface area contributed by atoms with Crippen molar-refractivity contribution in [2.24, 2.45) is 0 Å². The molecule has 3 aromatic rings. The maximum atomic E-state index is 12.0. The molecule has 0 aliphatic rings. The molecule has 1 N–H and O–H groups in total. The summed E-state index contributed by atoms with van der Waals surface area (Å²) >= 11 is 1.35. The number of hydrogen-bond donors (Lipinski definition) is 1. The molecule has 0 aliphatic heterocycles. The third-order valence-electron chi connectivity index (χ3n) is 3.25. The molecule has 0 spiro atoms. The van der Waals surface area contributed by atoms with E-state index in [1.165, 1.54) is 11.3 Å². The molecule has 1 amide bonds. The van der Waals surface area contributed by atoms with Crippen LogP contribution in [0.3, 0.4) is 0 Å². The molecule has 1 aromatic heterocycles. The summed E-state index contributed by atoms with van der Waals surface area (Å²) in [6.45, 7) is -0.0829. The Labute approximate surface area is 143 Å². The number of nitrogens with one attached hydrogen (secondary N) is 1. The van der Waals surface area contributed by atoms with Gasteiger partial charge in [-0.15, -0.1) is 0 Å². The highest BCUT2D eigenvalue weighted by Crippen LogP contribution is 2.36. The second-order valence-electron chi connectivity index (χ2n) is 4.85. The second-order valence-corrected chi connectivity index (χ2v) is 5.88. The van der Waals surface area contributed by atoms with Crippen molar-refractivity contribution >= 4 is 32.6 Å². The minimum Gasteiger partial charge on any atom is -0.497 e. The van der Waals surface area contributed by atoms with Crippen LogP contribution < -0.4 is 19.5 Å². The maximum absolute atomic E-state index is 12.0. The van der Waals surface area contributed by atoms with Crippen LogP contribution in [0.5, 0.6) is 17.2 Å². The summed E-state index contributed by atoms with van der Waals surface area (Å²) in [5, 5.41) is 3.22. The Morgan fingerprint density at radius 1 is 1.12 bits per heavy atom. The number of nitrogens with zero attached hydrogens (tertiary/aromatic N) is 1. The van der Waals surface area contributed by atoms with Crippen LogP contribution >= 0.6 is 11.3 Å². The highest BCUT2D eigenvalue weighted by Gasteiger charge is 2.13. The average molecular weight is 344 g/mol. The van der Waals surface area contributed by atoms with E-state index in [0.29, 0.717) is 27.9 Å². The van der Waals surface area contributed by atoms with Crippen molar-refractivity contribution in [3.8, 4) is 17.2 Å². The van der Waals surface area contributed by atoms with E-state index >= 15 is 0 Å². The van der Waals surface area contributed by atoms with Gasteiger partial charge >= 0.3 is 0 Å². The molecule has 6 nitrogen and oxygen atoms in total. The molecule has 1 heterocycles. The van der Waals surface area contributed by atoms with E-state index in [0.717, 1.165) is 4.70 Å². The average Bonchev–Trinajstić information content (AvgIpc) is 3.02. The lowest BCUT2D eigenvalue weighted by molar-refractivity contribution is -0.118. The highest BCUT2D eigenvalue weighted by atomic mass is 32.1. The van der Waals surface area contributed by atoms with Crippen LogP contribution in [0, 0.1) is 0 Å². The molecule has 0 radical (unpaired) electrons. The minimum atomic E-state index is -0.274. The van der Waals surface area contributed by atoms with Gasteiger partial charge in [0, 0.05) is 6.07 Å². The molecular weight excluding hydrogens is 328 g/mol. The van der Waals surface area contributed by atoms with E-state index in [4.69, 9.17) is 14.2 Å². The van der Waals surface area contributed by atoms with Crippen molar-refractivity contribution in [3.63, 3.8) is 0 Å². The molecule has 0 bridgehead atoms. The summed E-state index contributed by atoms with van der Waals surface area (Å²) in [6.07, 6.45) is 0. The number of para-hydroxylation sites is 1. The number of aromatic nitrogens is 1. The van der Waals surface area contributed by atoms with E-state index in [1.807, 2.05) is 24.3 Å². The van der Waals surface area contributed by atoms with Gasteiger partial charge in [0.05, 0.1) is 18.9 Å². The first-order valence-corrected chi connectivity index (χ1v) is 8.01. The maximum Gasteiger partial charge on any atom is 0.264 e. The predicted molar refractivity (Wildman–Crippen MR) is 93.3 cm³/mol. The van der Waals surface area contributed by atoms with Gasteiger partial charge in [0.2, 0.25) is 0 Å². The van der Waals surface area contributed by atoms with Gasteiger partial charge < -0.3 is 14.2 Å². The van der Waals surface area contributed by atoms with Crippen LogP contribution in [0.4, 0.5) is 5.13 Å². The summed E-state index contributed by atoms with van der Waals surface area (Å²) in [7, 11) is 3.16. The predicted octanol–water partition coefficient (Wildman–Crippen LogP) is 3.33. The van der Waals surface area contributed by atoms with Crippen LogP contribution in [-0.2, 0) is 4.79 Å². The lowest BCUT2D eigenvalue weighted by atomic mass is 10.3. The Morgan fingerprint density at radius 3 is 2.62 bits per heavy atom. The standard InChI is InChI=1S/C17H16N2O4S/c1-21-12-8-13(22-2)16-14(9-12)24-17(19-16)18-15(20)10-23-11-6-4-3-5-7-11/h3-9H,10H2,1-2H3,(H,18,19,20). The zero-order valence-electron chi connectivity index (χ0n) is 13.2. The lowest BCUT2D eigenvalue weighted by Gasteiger charge is -2.05. The summed E-state index contributed by atoms with van der Waals surface area (Å²) in [6, 6.07) is 12.8. The van der Waals surface area contributed by atoms with Crippen molar-refractivity contribution in [3.05, 3.63) is 42.5 Å². The Kier molecular flexibility index (Phi) is 4.81. The fraction of sp³-hybridized carbons (Fsp3) is 0.176. The molecule has 0 aliphatic carbocycles. The molecule has 2 aromatic carbocycles. The topological polar surface area (TPSA) is 69.7 Å². The molecule has 0 saturated carbocycles. The molecule has 0 saturated heterocycles. The SMILES string of the molecule is COc1cc(OC)c2nc(NC(=O)COc3ccccc3)sc2c1.